The van der Waals surface area contributed by atoms with Crippen LogP contribution in [0.15, 0.2) is 60.7 Å². The first-order valence-corrected chi connectivity index (χ1v) is 15.9. The second-order valence-corrected chi connectivity index (χ2v) is 12.2. The van der Waals surface area contributed by atoms with Crippen LogP contribution < -0.4 is 0 Å². The topological polar surface area (TPSA) is 90.1 Å². The van der Waals surface area contributed by atoms with E-state index in [1.54, 1.807) is 0 Å². The number of nitrogens with one attached hydrogen (secondary N) is 1. The van der Waals surface area contributed by atoms with Crippen LogP contribution in [0.4, 0.5) is 0 Å². The van der Waals surface area contributed by atoms with Crippen LogP contribution in [0.5, 0.6) is 0 Å². The van der Waals surface area contributed by atoms with Crippen LogP contribution in [0.1, 0.15) is 68.9 Å². The third-order valence-corrected chi connectivity index (χ3v) is 8.33. The number of aryl methyl sites for hydroxylation is 2. The normalized spacial score (nSPS) is 11.7. The average molecular weight is 587 g/mol. The molecule has 0 amide bonds. The molecule has 0 aliphatic carbocycles. The van der Waals surface area contributed by atoms with Gasteiger partial charge in [-0.1, -0.05) is 70.2 Å². The Morgan fingerprint density at radius 1 is 0.841 bits per heavy atom. The molecular weight excluding hydrogens is 544 g/mol. The monoisotopic (exact) mass is 586 g/mol. The van der Waals surface area contributed by atoms with Crippen molar-refractivity contribution in [3.05, 3.63) is 89.0 Å². The Kier molecular flexibility index (Phi) is 8.42. The van der Waals surface area contributed by atoms with Gasteiger partial charge in [-0.25, -0.2) is 15.1 Å². The summed E-state index contributed by atoms with van der Waals surface area (Å²) >= 11 is 0. The summed E-state index contributed by atoms with van der Waals surface area (Å²) in [5, 5.41) is 15.0. The van der Waals surface area contributed by atoms with Crippen LogP contribution in [0, 0.1) is 19.8 Å². The van der Waals surface area contributed by atoms with Crippen molar-refractivity contribution in [2.75, 3.05) is 0 Å². The molecule has 0 saturated heterocycles. The molecule has 0 spiro atoms. The number of imidazole rings is 2. The first-order valence-electron chi connectivity index (χ1n) is 15.9. The SMILES string of the molecule is CCCc1nc2c(C)cc(-c3nc(CC(C)C)c(C)n3CCC)cc2n1Cc1ccc(-c2ccccc2)c(-c2nnn[nH]2)c1. The fraction of sp³-hybridized carbons (Fsp3) is 0.361. The number of aromatic nitrogens is 8. The predicted molar refractivity (Wildman–Crippen MR) is 177 cm³/mol. The van der Waals surface area contributed by atoms with Gasteiger partial charge in [-0.15, -0.1) is 5.10 Å². The van der Waals surface area contributed by atoms with Crippen molar-refractivity contribution in [3.8, 4) is 33.9 Å². The summed E-state index contributed by atoms with van der Waals surface area (Å²) in [6.07, 6.45) is 3.98. The Hall–Kier alpha value is -4.59. The zero-order chi connectivity index (χ0) is 30.8. The summed E-state index contributed by atoms with van der Waals surface area (Å²) in [5.41, 5.74) is 11.4. The van der Waals surface area contributed by atoms with Gasteiger partial charge in [0.25, 0.3) is 0 Å². The lowest BCUT2D eigenvalue weighted by atomic mass is 9.97. The van der Waals surface area contributed by atoms with Crippen LogP contribution in [-0.4, -0.2) is 39.7 Å². The van der Waals surface area contributed by atoms with E-state index in [0.29, 0.717) is 18.3 Å². The lowest BCUT2D eigenvalue weighted by Gasteiger charge is -2.14. The van der Waals surface area contributed by atoms with E-state index in [1.807, 2.05) is 6.07 Å². The van der Waals surface area contributed by atoms with Crippen molar-refractivity contribution < 1.29 is 0 Å². The van der Waals surface area contributed by atoms with E-state index in [-0.39, 0.29) is 0 Å². The predicted octanol–water partition coefficient (Wildman–Crippen LogP) is 7.97. The lowest BCUT2D eigenvalue weighted by Crippen LogP contribution is -2.06. The molecule has 0 unspecified atom stereocenters. The number of hydrogen-bond acceptors (Lipinski definition) is 5. The molecule has 3 heterocycles. The Labute approximate surface area is 259 Å². The molecule has 8 heteroatoms. The third-order valence-electron chi connectivity index (χ3n) is 8.33. The number of aromatic amines is 1. The van der Waals surface area contributed by atoms with Gasteiger partial charge in [0.2, 0.25) is 0 Å². The minimum Gasteiger partial charge on any atom is -0.328 e. The molecule has 6 rings (SSSR count). The average Bonchev–Trinajstić information content (AvgIpc) is 3.74. The highest BCUT2D eigenvalue weighted by atomic mass is 15.5. The minimum atomic E-state index is 0.555. The first-order chi connectivity index (χ1) is 21.4. The summed E-state index contributed by atoms with van der Waals surface area (Å²) < 4.78 is 4.80. The van der Waals surface area contributed by atoms with E-state index < -0.39 is 0 Å². The molecule has 3 aromatic carbocycles. The molecule has 6 aromatic rings. The maximum atomic E-state index is 5.23. The summed E-state index contributed by atoms with van der Waals surface area (Å²) in [4.78, 5) is 10.4. The quantitative estimate of drug-likeness (QED) is 0.166. The number of hydrogen-bond donors (Lipinski definition) is 1. The van der Waals surface area contributed by atoms with Crippen LogP contribution >= 0.6 is 0 Å². The van der Waals surface area contributed by atoms with E-state index in [2.05, 4.69) is 126 Å². The fourth-order valence-electron chi connectivity index (χ4n) is 6.25. The number of nitrogens with zero attached hydrogens (tertiary/aromatic N) is 7. The van der Waals surface area contributed by atoms with Gasteiger partial charge in [0.05, 0.1) is 16.7 Å². The molecule has 0 bridgehead atoms. The second kappa shape index (κ2) is 12.6. The highest BCUT2D eigenvalue weighted by molar-refractivity contribution is 5.85. The standard InChI is InChI=1S/C36H42N8/c1-7-12-33-38-34-24(5)19-28(36-37-31(18-23(3)4)25(6)43(36)17-8-2)21-32(34)44(33)22-26-15-16-29(27-13-10-9-11-14-27)30(20-26)35-39-41-42-40-35/h9-11,13-16,19-21,23H,7-8,12,17-18,22H2,1-6H3,(H,39,40,41,42). The van der Waals surface area contributed by atoms with E-state index in [1.165, 1.54) is 22.5 Å². The number of rotatable bonds is 11. The Morgan fingerprint density at radius 3 is 2.36 bits per heavy atom. The van der Waals surface area contributed by atoms with Crippen LogP contribution in [0.2, 0.25) is 0 Å². The molecule has 8 nitrogen and oxygen atoms in total. The van der Waals surface area contributed by atoms with Gasteiger partial charge in [-0.3, -0.25) is 0 Å². The molecule has 226 valence electrons. The third kappa shape index (κ3) is 5.68. The Bertz CT molecular complexity index is 1880. The molecule has 0 saturated carbocycles. The molecular formula is C36H42N8. The lowest BCUT2D eigenvalue weighted by molar-refractivity contribution is 0.626. The van der Waals surface area contributed by atoms with Gasteiger partial charge < -0.3 is 9.13 Å². The van der Waals surface area contributed by atoms with Crippen molar-refractivity contribution in [2.45, 2.75) is 80.3 Å². The number of fused-ring (bicyclic) bond motifs is 1. The summed E-state index contributed by atoms with van der Waals surface area (Å²) in [6.45, 7) is 15.0. The van der Waals surface area contributed by atoms with Crippen molar-refractivity contribution in [1.82, 2.24) is 39.7 Å². The molecule has 44 heavy (non-hydrogen) atoms. The number of tetrazole rings is 1. The Morgan fingerprint density at radius 2 is 1.66 bits per heavy atom. The maximum absolute atomic E-state index is 5.23. The zero-order valence-electron chi connectivity index (χ0n) is 26.7. The molecule has 0 atom stereocenters. The largest absolute Gasteiger partial charge is 0.328 e. The van der Waals surface area contributed by atoms with Gasteiger partial charge in [0.15, 0.2) is 5.82 Å². The zero-order valence-corrected chi connectivity index (χ0v) is 26.7. The van der Waals surface area contributed by atoms with Crippen LogP contribution in [0.3, 0.4) is 0 Å². The molecule has 0 radical (unpaired) electrons. The first kappa shape index (κ1) is 29.5. The van der Waals surface area contributed by atoms with Crippen molar-refractivity contribution in [2.24, 2.45) is 5.92 Å². The smallest absolute Gasteiger partial charge is 0.180 e. The highest BCUT2D eigenvalue weighted by Crippen LogP contribution is 2.33. The van der Waals surface area contributed by atoms with Crippen molar-refractivity contribution in [1.29, 1.82) is 0 Å². The van der Waals surface area contributed by atoms with Gasteiger partial charge in [0, 0.05) is 36.3 Å². The van der Waals surface area contributed by atoms with Gasteiger partial charge in [-0.2, -0.15) is 0 Å². The van der Waals surface area contributed by atoms with Gasteiger partial charge >= 0.3 is 0 Å². The van der Waals surface area contributed by atoms with E-state index in [9.17, 15) is 0 Å². The molecule has 3 aromatic heterocycles. The number of H-pyrrole nitrogens is 1. The van der Waals surface area contributed by atoms with Crippen LogP contribution in [-0.2, 0) is 25.9 Å². The summed E-state index contributed by atoms with van der Waals surface area (Å²) in [6, 6.07) is 21.6. The van der Waals surface area contributed by atoms with E-state index in [0.717, 1.165) is 77.2 Å². The molecule has 0 aliphatic rings. The minimum absolute atomic E-state index is 0.555. The fourth-order valence-corrected chi connectivity index (χ4v) is 6.25. The summed E-state index contributed by atoms with van der Waals surface area (Å²) in [5.74, 6) is 3.37. The van der Waals surface area contributed by atoms with Gasteiger partial charge in [0.1, 0.15) is 11.6 Å². The van der Waals surface area contributed by atoms with E-state index >= 15 is 0 Å². The summed E-state index contributed by atoms with van der Waals surface area (Å²) in [7, 11) is 0. The second-order valence-electron chi connectivity index (χ2n) is 12.2. The van der Waals surface area contributed by atoms with Gasteiger partial charge in [-0.05, 0) is 89.9 Å². The maximum Gasteiger partial charge on any atom is 0.180 e. The number of benzene rings is 3. The Balaban J connectivity index is 1.48. The van der Waals surface area contributed by atoms with Crippen LogP contribution in [0.25, 0.3) is 44.9 Å². The van der Waals surface area contributed by atoms with Crippen molar-refractivity contribution in [3.63, 3.8) is 0 Å². The van der Waals surface area contributed by atoms with E-state index in [4.69, 9.17) is 9.97 Å². The molecule has 0 aliphatic heterocycles. The molecule has 1 N–H and O–H groups in total. The van der Waals surface area contributed by atoms with Crippen molar-refractivity contribution >= 4 is 11.0 Å². The molecule has 0 fully saturated rings. The highest BCUT2D eigenvalue weighted by Gasteiger charge is 2.20.